The number of aromatic nitrogens is 2. The molecule has 0 spiro atoms. The number of hydrogen-bond acceptors (Lipinski definition) is 3. The van der Waals surface area contributed by atoms with E-state index in [0.29, 0.717) is 36.2 Å². The molecule has 2 amide bonds. The van der Waals surface area contributed by atoms with Gasteiger partial charge in [-0.2, -0.15) is 0 Å². The van der Waals surface area contributed by atoms with Crippen molar-refractivity contribution in [2.75, 3.05) is 11.9 Å². The van der Waals surface area contributed by atoms with Crippen LogP contribution in [0.4, 0.5) is 10.5 Å². The highest BCUT2D eigenvalue weighted by molar-refractivity contribution is 5.94. The van der Waals surface area contributed by atoms with Gasteiger partial charge in [0.05, 0.1) is 22.6 Å². The Balaban J connectivity index is 1.49. The van der Waals surface area contributed by atoms with E-state index in [1.165, 1.54) is 0 Å². The van der Waals surface area contributed by atoms with Gasteiger partial charge in [0, 0.05) is 18.7 Å². The summed E-state index contributed by atoms with van der Waals surface area (Å²) in [5.41, 5.74) is 3.43. The van der Waals surface area contributed by atoms with Crippen LogP contribution in [0.25, 0.3) is 22.0 Å². The monoisotopic (exact) mass is 452 g/mol. The van der Waals surface area contributed by atoms with Crippen molar-refractivity contribution < 1.29 is 4.79 Å². The molecule has 2 heterocycles. The highest BCUT2D eigenvalue weighted by atomic mass is 16.2. The molecule has 34 heavy (non-hydrogen) atoms. The molecule has 5 rings (SSSR count). The predicted octanol–water partition coefficient (Wildman–Crippen LogP) is 5.84. The molecular formula is C28H28N4O2. The Hall–Kier alpha value is -3.93. The normalized spacial score (nSPS) is 14.7. The maximum absolute atomic E-state index is 13.6. The molecule has 6 nitrogen and oxygen atoms in total. The minimum absolute atomic E-state index is 0.0339. The smallest absolute Gasteiger partial charge is 0.314 e. The average molecular weight is 453 g/mol. The summed E-state index contributed by atoms with van der Waals surface area (Å²) in [4.78, 5) is 33.4. The van der Waals surface area contributed by atoms with Gasteiger partial charge in [-0.1, -0.05) is 74.0 Å². The lowest BCUT2D eigenvalue weighted by Gasteiger charge is -2.29. The first-order valence-corrected chi connectivity index (χ1v) is 11.9. The van der Waals surface area contributed by atoms with Crippen LogP contribution in [0.15, 0.2) is 83.7 Å². The SMILES string of the molecule is CCCCN(C(=O)Nc1ccccc1-c1ccccc1)C1CCn2c1nc1ccccc1c2=O. The third kappa shape index (κ3) is 4.07. The number of carbonyl (C=O) groups excluding carboxylic acids is 1. The van der Waals surface area contributed by atoms with Crippen molar-refractivity contribution in [3.8, 4) is 11.1 Å². The number of urea groups is 1. The molecule has 172 valence electrons. The second-order valence-electron chi connectivity index (χ2n) is 8.64. The molecule has 1 N–H and O–H groups in total. The zero-order chi connectivity index (χ0) is 23.5. The van der Waals surface area contributed by atoms with Gasteiger partial charge in [0.25, 0.3) is 5.56 Å². The largest absolute Gasteiger partial charge is 0.322 e. The first kappa shape index (κ1) is 21.9. The van der Waals surface area contributed by atoms with E-state index in [0.717, 1.165) is 29.7 Å². The van der Waals surface area contributed by atoms with E-state index < -0.39 is 0 Å². The lowest BCUT2D eigenvalue weighted by Crippen LogP contribution is -2.39. The molecule has 3 aromatic carbocycles. The molecule has 0 aliphatic carbocycles. The second kappa shape index (κ2) is 9.51. The highest BCUT2D eigenvalue weighted by Gasteiger charge is 2.34. The Kier molecular flexibility index (Phi) is 6.12. The summed E-state index contributed by atoms with van der Waals surface area (Å²) < 4.78 is 1.73. The number of fused-ring (bicyclic) bond motifs is 2. The molecule has 1 aliphatic rings. The number of para-hydroxylation sites is 2. The maximum Gasteiger partial charge on any atom is 0.322 e. The lowest BCUT2D eigenvalue weighted by atomic mass is 10.0. The number of nitrogens with one attached hydrogen (secondary N) is 1. The Labute approximate surface area is 198 Å². The number of benzene rings is 3. The van der Waals surface area contributed by atoms with Crippen molar-refractivity contribution in [2.45, 2.75) is 38.8 Å². The van der Waals surface area contributed by atoms with E-state index in [1.807, 2.05) is 83.8 Å². The number of nitrogens with zero attached hydrogens (tertiary/aromatic N) is 3. The van der Waals surface area contributed by atoms with Crippen LogP contribution in [-0.4, -0.2) is 27.0 Å². The van der Waals surface area contributed by atoms with Crippen LogP contribution in [-0.2, 0) is 6.54 Å². The number of rotatable bonds is 6. The summed E-state index contributed by atoms with van der Waals surface area (Å²) in [7, 11) is 0. The van der Waals surface area contributed by atoms with Crippen LogP contribution in [0, 0.1) is 0 Å². The van der Waals surface area contributed by atoms with Crippen molar-refractivity contribution in [3.05, 3.63) is 95.0 Å². The molecule has 6 heteroatoms. The van der Waals surface area contributed by atoms with E-state index in [9.17, 15) is 9.59 Å². The number of anilines is 1. The quantitative estimate of drug-likeness (QED) is 0.399. The van der Waals surface area contributed by atoms with Gasteiger partial charge in [-0.3, -0.25) is 9.36 Å². The summed E-state index contributed by atoms with van der Waals surface area (Å²) in [6.45, 7) is 3.27. The summed E-state index contributed by atoms with van der Waals surface area (Å²) in [5.74, 6) is 0.672. The zero-order valence-electron chi connectivity index (χ0n) is 19.3. The van der Waals surface area contributed by atoms with E-state index in [4.69, 9.17) is 4.98 Å². The molecule has 0 fully saturated rings. The van der Waals surface area contributed by atoms with Gasteiger partial charge in [0.1, 0.15) is 5.82 Å². The van der Waals surface area contributed by atoms with E-state index >= 15 is 0 Å². The molecular weight excluding hydrogens is 424 g/mol. The fraction of sp³-hybridized carbons (Fsp3) is 0.250. The number of carbonyl (C=O) groups is 1. The first-order valence-electron chi connectivity index (χ1n) is 11.9. The predicted molar refractivity (Wildman–Crippen MR) is 136 cm³/mol. The van der Waals surface area contributed by atoms with E-state index in [-0.39, 0.29) is 17.6 Å². The zero-order valence-corrected chi connectivity index (χ0v) is 19.3. The van der Waals surface area contributed by atoms with Crippen molar-refractivity contribution in [1.82, 2.24) is 14.5 Å². The highest BCUT2D eigenvalue weighted by Crippen LogP contribution is 2.32. The third-order valence-electron chi connectivity index (χ3n) is 6.46. The molecule has 1 aromatic heterocycles. The van der Waals surface area contributed by atoms with Crippen molar-refractivity contribution in [3.63, 3.8) is 0 Å². The van der Waals surface area contributed by atoms with Gasteiger partial charge in [-0.15, -0.1) is 0 Å². The minimum atomic E-state index is -0.243. The van der Waals surface area contributed by atoms with Crippen LogP contribution in [0.2, 0.25) is 0 Å². The van der Waals surface area contributed by atoms with E-state index in [1.54, 1.807) is 4.57 Å². The van der Waals surface area contributed by atoms with Crippen LogP contribution >= 0.6 is 0 Å². The summed E-state index contributed by atoms with van der Waals surface area (Å²) in [6.07, 6.45) is 2.52. The number of amides is 2. The van der Waals surface area contributed by atoms with Crippen LogP contribution < -0.4 is 10.9 Å². The van der Waals surface area contributed by atoms with Crippen LogP contribution in [0.1, 0.15) is 38.1 Å². The van der Waals surface area contributed by atoms with Gasteiger partial charge in [-0.25, -0.2) is 9.78 Å². The average Bonchev–Trinajstić information content (AvgIpc) is 3.29. The van der Waals surface area contributed by atoms with Gasteiger partial charge < -0.3 is 10.2 Å². The Morgan fingerprint density at radius 3 is 2.59 bits per heavy atom. The van der Waals surface area contributed by atoms with Crippen molar-refractivity contribution >= 4 is 22.6 Å². The van der Waals surface area contributed by atoms with Crippen molar-refractivity contribution in [1.29, 1.82) is 0 Å². The molecule has 4 aromatic rings. The van der Waals surface area contributed by atoms with Gasteiger partial charge in [-0.05, 0) is 36.6 Å². The summed E-state index contributed by atoms with van der Waals surface area (Å²) in [5, 5.41) is 3.77. The Morgan fingerprint density at radius 1 is 1.03 bits per heavy atom. The standard InChI is InChI=1S/C28H28N4O2/c1-2-3-18-31(25-17-19-32-26(25)29-24-16-10-8-14-22(24)27(32)33)28(34)30-23-15-9-7-13-21(23)20-11-5-4-6-12-20/h4-16,25H,2-3,17-19H2,1H3,(H,30,34). The van der Waals surface area contributed by atoms with Crippen molar-refractivity contribution in [2.24, 2.45) is 0 Å². The minimum Gasteiger partial charge on any atom is -0.314 e. The molecule has 0 bridgehead atoms. The number of unbranched alkanes of at least 4 members (excludes halogenated alkanes) is 1. The Morgan fingerprint density at radius 2 is 1.76 bits per heavy atom. The van der Waals surface area contributed by atoms with Gasteiger partial charge in [0.15, 0.2) is 0 Å². The molecule has 0 saturated heterocycles. The fourth-order valence-corrected chi connectivity index (χ4v) is 4.71. The second-order valence-corrected chi connectivity index (χ2v) is 8.64. The fourth-order valence-electron chi connectivity index (χ4n) is 4.71. The van der Waals surface area contributed by atoms with Gasteiger partial charge >= 0.3 is 6.03 Å². The van der Waals surface area contributed by atoms with Crippen LogP contribution in [0.3, 0.4) is 0 Å². The summed E-state index contributed by atoms with van der Waals surface area (Å²) in [6, 6.07) is 24.9. The third-order valence-corrected chi connectivity index (χ3v) is 6.46. The molecule has 0 saturated carbocycles. The molecule has 0 radical (unpaired) electrons. The Bertz CT molecular complexity index is 1380. The maximum atomic E-state index is 13.6. The van der Waals surface area contributed by atoms with Crippen LogP contribution in [0.5, 0.6) is 0 Å². The molecule has 1 atom stereocenters. The summed E-state index contributed by atoms with van der Waals surface area (Å²) >= 11 is 0. The molecule has 1 unspecified atom stereocenters. The van der Waals surface area contributed by atoms with Gasteiger partial charge in [0.2, 0.25) is 0 Å². The lowest BCUT2D eigenvalue weighted by molar-refractivity contribution is 0.185. The number of hydrogen-bond donors (Lipinski definition) is 1. The van der Waals surface area contributed by atoms with E-state index in [2.05, 4.69) is 12.2 Å². The first-order chi connectivity index (χ1) is 16.7. The molecule has 1 aliphatic heterocycles. The topological polar surface area (TPSA) is 67.2 Å².